The number of carbonyl (C=O) groups excluding carboxylic acids is 1. The summed E-state index contributed by atoms with van der Waals surface area (Å²) in [6, 6.07) is 1.22. The van der Waals surface area contributed by atoms with Gasteiger partial charge in [0.15, 0.2) is 0 Å². The smallest absolute Gasteiger partial charge is 0.228 e. The van der Waals surface area contributed by atoms with E-state index in [0.717, 1.165) is 13.1 Å². The molecule has 1 N–H and O–H groups in total. The zero-order valence-corrected chi connectivity index (χ0v) is 7.83. The van der Waals surface area contributed by atoms with E-state index in [9.17, 15) is 4.79 Å². The minimum absolute atomic E-state index is 0.307. The first-order valence-corrected chi connectivity index (χ1v) is 5.39. The zero-order valence-electron chi connectivity index (χ0n) is 7.83. The number of nitrogens with zero attached hydrogens (tertiary/aromatic N) is 1. The van der Waals surface area contributed by atoms with E-state index in [1.165, 1.54) is 25.7 Å². The minimum Gasteiger partial charge on any atom is -0.336 e. The second-order valence-corrected chi connectivity index (χ2v) is 4.56. The summed E-state index contributed by atoms with van der Waals surface area (Å²) in [5.74, 6) is 0.741. The number of amides is 1. The highest BCUT2D eigenvalue weighted by Crippen LogP contribution is 2.38. The summed E-state index contributed by atoms with van der Waals surface area (Å²) in [6.07, 6.45) is 5.04. The number of fused-ring (bicyclic) bond motifs is 2. The summed E-state index contributed by atoms with van der Waals surface area (Å²) in [4.78, 5) is 14.2. The molecule has 3 fully saturated rings. The normalized spacial score (nSPS) is 38.0. The van der Waals surface area contributed by atoms with Gasteiger partial charge < -0.3 is 10.2 Å². The van der Waals surface area contributed by atoms with Crippen molar-refractivity contribution in [3.05, 3.63) is 0 Å². The van der Waals surface area contributed by atoms with Gasteiger partial charge in [-0.3, -0.25) is 4.79 Å². The third kappa shape index (κ3) is 1.03. The maximum absolute atomic E-state index is 12.0. The van der Waals surface area contributed by atoms with E-state index in [1.54, 1.807) is 0 Å². The Morgan fingerprint density at radius 3 is 2.00 bits per heavy atom. The van der Waals surface area contributed by atoms with Gasteiger partial charge in [0.2, 0.25) is 5.91 Å². The van der Waals surface area contributed by atoms with E-state index in [2.05, 4.69) is 10.2 Å². The lowest BCUT2D eigenvalue weighted by Crippen LogP contribution is -2.53. The maximum Gasteiger partial charge on any atom is 0.228 e. The van der Waals surface area contributed by atoms with Crippen LogP contribution in [0.5, 0.6) is 0 Å². The zero-order chi connectivity index (χ0) is 8.84. The summed E-state index contributed by atoms with van der Waals surface area (Å²) < 4.78 is 0. The fraction of sp³-hybridized carbons (Fsp3) is 0.900. The van der Waals surface area contributed by atoms with E-state index in [0.29, 0.717) is 23.9 Å². The number of hydrogen-bond acceptors (Lipinski definition) is 2. The van der Waals surface area contributed by atoms with Crippen LogP contribution in [-0.4, -0.2) is 36.0 Å². The number of rotatable bonds is 1. The molecule has 3 nitrogen and oxygen atoms in total. The molecule has 0 radical (unpaired) electrons. The van der Waals surface area contributed by atoms with Gasteiger partial charge in [0.05, 0.1) is 5.92 Å². The Hall–Kier alpha value is -0.570. The van der Waals surface area contributed by atoms with Crippen LogP contribution in [-0.2, 0) is 4.79 Å². The van der Waals surface area contributed by atoms with Crippen molar-refractivity contribution in [3.63, 3.8) is 0 Å². The van der Waals surface area contributed by atoms with E-state index >= 15 is 0 Å². The third-order valence-corrected chi connectivity index (χ3v) is 3.84. The molecule has 0 aliphatic carbocycles. The Morgan fingerprint density at radius 2 is 1.62 bits per heavy atom. The van der Waals surface area contributed by atoms with Crippen LogP contribution in [0.3, 0.4) is 0 Å². The molecule has 3 heteroatoms. The number of hydrogen-bond donors (Lipinski definition) is 1. The van der Waals surface area contributed by atoms with Crippen molar-refractivity contribution in [2.24, 2.45) is 5.92 Å². The van der Waals surface area contributed by atoms with Crippen molar-refractivity contribution in [2.45, 2.75) is 37.8 Å². The van der Waals surface area contributed by atoms with Crippen LogP contribution in [0, 0.1) is 5.92 Å². The van der Waals surface area contributed by atoms with Crippen LogP contribution in [0.25, 0.3) is 0 Å². The van der Waals surface area contributed by atoms with Crippen molar-refractivity contribution in [1.82, 2.24) is 10.2 Å². The van der Waals surface area contributed by atoms with Gasteiger partial charge in [-0.25, -0.2) is 0 Å². The van der Waals surface area contributed by atoms with Crippen LogP contribution in [0.2, 0.25) is 0 Å². The largest absolute Gasteiger partial charge is 0.336 e. The fourth-order valence-electron chi connectivity index (χ4n) is 2.95. The van der Waals surface area contributed by atoms with E-state index in [1.807, 2.05) is 0 Å². The molecular formula is C10H16N2O. The predicted octanol–water partition coefficient (Wildman–Crippen LogP) is 0.359. The highest BCUT2D eigenvalue weighted by atomic mass is 16.2. The molecule has 72 valence electrons. The molecular weight excluding hydrogens is 164 g/mol. The maximum atomic E-state index is 12.0. The first kappa shape index (κ1) is 7.80. The van der Waals surface area contributed by atoms with Crippen LogP contribution < -0.4 is 5.32 Å². The molecule has 3 heterocycles. The van der Waals surface area contributed by atoms with Crippen molar-refractivity contribution >= 4 is 5.91 Å². The fourth-order valence-corrected chi connectivity index (χ4v) is 2.95. The minimum atomic E-state index is 0.307. The molecule has 0 aromatic rings. The van der Waals surface area contributed by atoms with E-state index in [4.69, 9.17) is 0 Å². The second-order valence-electron chi connectivity index (χ2n) is 4.56. The molecule has 0 aromatic heterocycles. The van der Waals surface area contributed by atoms with Crippen molar-refractivity contribution in [2.75, 3.05) is 13.1 Å². The highest BCUT2D eigenvalue weighted by molar-refractivity contribution is 5.81. The van der Waals surface area contributed by atoms with Crippen LogP contribution >= 0.6 is 0 Å². The van der Waals surface area contributed by atoms with Gasteiger partial charge in [-0.2, -0.15) is 0 Å². The lowest BCUT2D eigenvalue weighted by molar-refractivity contribution is -0.138. The summed E-state index contributed by atoms with van der Waals surface area (Å²) in [5, 5.41) is 3.17. The molecule has 3 rings (SSSR count). The molecule has 13 heavy (non-hydrogen) atoms. The van der Waals surface area contributed by atoms with Gasteiger partial charge in [0.1, 0.15) is 0 Å². The van der Waals surface area contributed by atoms with Gasteiger partial charge in [-0.05, 0) is 25.7 Å². The summed E-state index contributed by atoms with van der Waals surface area (Å²) in [7, 11) is 0. The molecule has 2 bridgehead atoms. The Balaban J connectivity index is 1.74. The van der Waals surface area contributed by atoms with Gasteiger partial charge in [0, 0.05) is 25.2 Å². The second kappa shape index (κ2) is 2.71. The lowest BCUT2D eigenvalue weighted by Gasteiger charge is -2.32. The molecule has 0 unspecified atom stereocenters. The standard InChI is InChI=1S/C10H16N2O/c13-10(7-5-11-6-7)12-8-1-2-9(12)4-3-8/h7-9,11H,1-6H2. The quantitative estimate of drug-likeness (QED) is 0.632. The van der Waals surface area contributed by atoms with Crippen LogP contribution in [0.15, 0.2) is 0 Å². The summed E-state index contributed by atoms with van der Waals surface area (Å²) >= 11 is 0. The average molecular weight is 180 g/mol. The Morgan fingerprint density at radius 1 is 1.08 bits per heavy atom. The lowest BCUT2D eigenvalue weighted by atomic mass is 10.0. The highest BCUT2D eigenvalue weighted by Gasteiger charge is 2.44. The summed E-state index contributed by atoms with van der Waals surface area (Å²) in [6.45, 7) is 1.82. The van der Waals surface area contributed by atoms with Crippen LogP contribution in [0.1, 0.15) is 25.7 Å². The van der Waals surface area contributed by atoms with Crippen molar-refractivity contribution in [1.29, 1.82) is 0 Å². The SMILES string of the molecule is O=C(C1CNC1)N1C2CCC1CC2. The molecule has 0 aromatic carbocycles. The topological polar surface area (TPSA) is 32.3 Å². The number of carbonyl (C=O) groups is 1. The van der Waals surface area contributed by atoms with Gasteiger partial charge in [-0.15, -0.1) is 0 Å². The monoisotopic (exact) mass is 180 g/mol. The van der Waals surface area contributed by atoms with E-state index in [-0.39, 0.29) is 0 Å². The first-order valence-electron chi connectivity index (χ1n) is 5.39. The van der Waals surface area contributed by atoms with Crippen LogP contribution in [0.4, 0.5) is 0 Å². The Bertz CT molecular complexity index is 217. The Labute approximate surface area is 78.5 Å². The van der Waals surface area contributed by atoms with Crippen molar-refractivity contribution in [3.8, 4) is 0 Å². The van der Waals surface area contributed by atoms with Gasteiger partial charge >= 0.3 is 0 Å². The van der Waals surface area contributed by atoms with E-state index < -0.39 is 0 Å². The van der Waals surface area contributed by atoms with Gasteiger partial charge in [0.25, 0.3) is 0 Å². The Kier molecular flexibility index (Phi) is 1.62. The first-order chi connectivity index (χ1) is 6.36. The molecule has 3 saturated heterocycles. The molecule has 0 atom stereocenters. The molecule has 3 aliphatic heterocycles. The van der Waals surface area contributed by atoms with Gasteiger partial charge in [-0.1, -0.05) is 0 Å². The third-order valence-electron chi connectivity index (χ3n) is 3.84. The molecule has 0 spiro atoms. The molecule has 1 amide bonds. The number of nitrogens with one attached hydrogen (secondary N) is 1. The molecule has 3 aliphatic rings. The predicted molar refractivity (Wildman–Crippen MR) is 49.2 cm³/mol. The van der Waals surface area contributed by atoms with Crippen molar-refractivity contribution < 1.29 is 4.79 Å². The summed E-state index contributed by atoms with van der Waals surface area (Å²) in [5.41, 5.74) is 0. The average Bonchev–Trinajstić information content (AvgIpc) is 2.58. The molecule has 0 saturated carbocycles.